The van der Waals surface area contributed by atoms with E-state index in [0.29, 0.717) is 23.2 Å². The number of aldehydes is 1. The number of piperidine rings is 1. The van der Waals surface area contributed by atoms with Crippen LogP contribution in [0.15, 0.2) is 83.3 Å². The Bertz CT molecular complexity index is 1360. The standard InChI is InChI=1S/C21H18N2O3.C8H10.C8H18/c22-13-15-1-3-17(4-2-15)23-9-7-18(8-10-23)25-19-5-6-21-16(11-19)12-20(14-24)26-21;1-2-8-6-4-3-5-7-8;1-4-6-8(3)7-5-2/h1-6,11-12,14,18H,7-10H2;3-7H,2H2,1H3;8H,4-7H2,1-3H3. The Labute approximate surface area is 252 Å². The van der Waals surface area contributed by atoms with Gasteiger partial charge in [0.05, 0.1) is 11.6 Å². The normalized spacial score (nSPS) is 13.0. The van der Waals surface area contributed by atoms with Crippen molar-refractivity contribution in [2.24, 2.45) is 5.92 Å². The Morgan fingerprint density at radius 1 is 0.952 bits per heavy atom. The van der Waals surface area contributed by atoms with Gasteiger partial charge in [-0.3, -0.25) is 4.79 Å². The topological polar surface area (TPSA) is 66.5 Å². The second-order valence-corrected chi connectivity index (χ2v) is 11.0. The third-order valence-corrected chi connectivity index (χ3v) is 7.54. The lowest BCUT2D eigenvalue weighted by atomic mass is 10.0. The number of nitriles is 1. The molecule has 0 N–H and O–H groups in total. The van der Waals surface area contributed by atoms with Crippen molar-refractivity contribution < 1.29 is 13.9 Å². The summed E-state index contributed by atoms with van der Waals surface area (Å²) in [6.07, 6.45) is 9.40. The Morgan fingerprint density at radius 3 is 2.17 bits per heavy atom. The van der Waals surface area contributed by atoms with Crippen molar-refractivity contribution in [1.29, 1.82) is 5.26 Å². The maximum atomic E-state index is 10.8. The molecule has 1 aromatic heterocycles. The average molecular weight is 567 g/mol. The van der Waals surface area contributed by atoms with Gasteiger partial charge < -0.3 is 14.1 Å². The Kier molecular flexibility index (Phi) is 13.7. The first-order valence-electron chi connectivity index (χ1n) is 15.4. The van der Waals surface area contributed by atoms with Crippen LogP contribution in [-0.2, 0) is 6.42 Å². The summed E-state index contributed by atoms with van der Waals surface area (Å²) in [5.41, 5.74) is 3.92. The highest BCUT2D eigenvalue weighted by Gasteiger charge is 2.21. The number of rotatable bonds is 9. The predicted octanol–water partition coefficient (Wildman–Crippen LogP) is 9.64. The van der Waals surface area contributed by atoms with Crippen LogP contribution in [-0.4, -0.2) is 25.5 Å². The van der Waals surface area contributed by atoms with Crippen LogP contribution in [0.25, 0.3) is 11.0 Å². The molecule has 0 amide bonds. The molecule has 1 aliphatic heterocycles. The summed E-state index contributed by atoms with van der Waals surface area (Å²) >= 11 is 0. The van der Waals surface area contributed by atoms with Gasteiger partial charge in [0.25, 0.3) is 0 Å². The molecule has 0 saturated carbocycles. The van der Waals surface area contributed by atoms with E-state index in [-0.39, 0.29) is 6.10 Å². The van der Waals surface area contributed by atoms with Crippen LogP contribution in [0.1, 0.15) is 87.9 Å². The van der Waals surface area contributed by atoms with Crippen LogP contribution >= 0.6 is 0 Å². The molecule has 0 bridgehead atoms. The van der Waals surface area contributed by atoms with Gasteiger partial charge in [-0.2, -0.15) is 5.26 Å². The highest BCUT2D eigenvalue weighted by Crippen LogP contribution is 2.27. The molecule has 0 radical (unpaired) electrons. The molecule has 2 heterocycles. The lowest BCUT2D eigenvalue weighted by molar-refractivity contribution is 0.110. The van der Waals surface area contributed by atoms with Crippen molar-refractivity contribution in [3.8, 4) is 11.8 Å². The number of hydrogen-bond acceptors (Lipinski definition) is 5. The van der Waals surface area contributed by atoms with Crippen molar-refractivity contribution >= 4 is 22.9 Å². The second-order valence-electron chi connectivity index (χ2n) is 11.0. The van der Waals surface area contributed by atoms with E-state index in [1.807, 2.05) is 48.5 Å². The minimum absolute atomic E-state index is 0.166. The fraction of sp³-hybridized carbons (Fsp3) is 0.405. The largest absolute Gasteiger partial charge is 0.490 e. The molecule has 5 rings (SSSR count). The summed E-state index contributed by atoms with van der Waals surface area (Å²) in [5, 5.41) is 9.77. The monoisotopic (exact) mass is 566 g/mol. The number of ether oxygens (including phenoxy) is 1. The molecule has 1 fully saturated rings. The van der Waals surface area contributed by atoms with E-state index in [0.717, 1.165) is 55.1 Å². The van der Waals surface area contributed by atoms with Gasteiger partial charge in [-0.1, -0.05) is 83.7 Å². The number of aryl methyl sites for hydroxylation is 1. The fourth-order valence-electron chi connectivity index (χ4n) is 5.19. The van der Waals surface area contributed by atoms with Gasteiger partial charge in [-0.15, -0.1) is 0 Å². The second kappa shape index (κ2) is 17.7. The molecule has 4 aromatic rings. The van der Waals surface area contributed by atoms with Crippen LogP contribution in [0.4, 0.5) is 5.69 Å². The maximum absolute atomic E-state index is 10.8. The summed E-state index contributed by atoms with van der Waals surface area (Å²) in [5.74, 6) is 2.09. The number of furan rings is 1. The van der Waals surface area contributed by atoms with Gasteiger partial charge in [0.1, 0.15) is 17.4 Å². The predicted molar refractivity (Wildman–Crippen MR) is 173 cm³/mol. The summed E-state index contributed by atoms with van der Waals surface area (Å²) < 4.78 is 11.5. The molecule has 0 atom stereocenters. The third kappa shape index (κ3) is 10.4. The molecule has 42 heavy (non-hydrogen) atoms. The molecule has 5 heteroatoms. The van der Waals surface area contributed by atoms with Crippen molar-refractivity contribution in [2.45, 2.75) is 78.7 Å². The van der Waals surface area contributed by atoms with Gasteiger partial charge in [-0.25, -0.2) is 0 Å². The van der Waals surface area contributed by atoms with Gasteiger partial charge in [0, 0.05) is 37.0 Å². The summed E-state index contributed by atoms with van der Waals surface area (Å²) in [6.45, 7) is 10.8. The number of benzene rings is 3. The fourth-order valence-corrected chi connectivity index (χ4v) is 5.19. The number of carbonyl (C=O) groups is 1. The van der Waals surface area contributed by atoms with E-state index in [1.165, 1.54) is 31.2 Å². The van der Waals surface area contributed by atoms with Crippen LogP contribution in [0.3, 0.4) is 0 Å². The first kappa shape index (κ1) is 32.5. The van der Waals surface area contributed by atoms with E-state index in [1.54, 1.807) is 6.07 Å². The number of fused-ring (bicyclic) bond motifs is 1. The Balaban J connectivity index is 0.000000248. The highest BCUT2D eigenvalue weighted by molar-refractivity contribution is 5.85. The third-order valence-electron chi connectivity index (χ3n) is 7.54. The molecular formula is C37H46N2O3. The first-order valence-corrected chi connectivity index (χ1v) is 15.4. The maximum Gasteiger partial charge on any atom is 0.185 e. The summed E-state index contributed by atoms with van der Waals surface area (Å²) in [7, 11) is 0. The van der Waals surface area contributed by atoms with Crippen molar-refractivity contribution in [3.63, 3.8) is 0 Å². The molecule has 0 spiro atoms. The molecule has 1 aliphatic rings. The molecule has 0 aliphatic carbocycles. The van der Waals surface area contributed by atoms with E-state index in [4.69, 9.17) is 14.4 Å². The van der Waals surface area contributed by atoms with Crippen LogP contribution in [0.5, 0.6) is 5.75 Å². The highest BCUT2D eigenvalue weighted by atomic mass is 16.5. The zero-order valence-corrected chi connectivity index (χ0v) is 25.7. The van der Waals surface area contributed by atoms with E-state index in [9.17, 15) is 4.79 Å². The van der Waals surface area contributed by atoms with Gasteiger partial charge >= 0.3 is 0 Å². The number of hydrogen-bond donors (Lipinski definition) is 0. The van der Waals surface area contributed by atoms with Crippen molar-refractivity contribution in [3.05, 3.63) is 95.7 Å². The molecule has 3 aromatic carbocycles. The SMILES string of the molecule is CCCC(C)CCC.CCc1ccccc1.N#Cc1ccc(N2CCC(Oc3ccc4oc(C=O)cc4c3)CC2)cc1. The van der Waals surface area contributed by atoms with E-state index >= 15 is 0 Å². The van der Waals surface area contributed by atoms with Gasteiger partial charge in [0.2, 0.25) is 0 Å². The number of anilines is 1. The molecule has 5 nitrogen and oxygen atoms in total. The van der Waals surface area contributed by atoms with Crippen LogP contribution in [0.2, 0.25) is 0 Å². The van der Waals surface area contributed by atoms with Crippen LogP contribution in [0, 0.1) is 17.2 Å². The van der Waals surface area contributed by atoms with Crippen molar-refractivity contribution in [1.82, 2.24) is 0 Å². The quantitative estimate of drug-likeness (QED) is 0.189. The summed E-state index contributed by atoms with van der Waals surface area (Å²) in [6, 6.07) is 27.7. The molecule has 222 valence electrons. The number of nitrogens with zero attached hydrogens (tertiary/aromatic N) is 2. The average Bonchev–Trinajstić information content (AvgIpc) is 3.46. The zero-order valence-electron chi connectivity index (χ0n) is 25.7. The lowest BCUT2D eigenvalue weighted by Crippen LogP contribution is -2.38. The molecular weight excluding hydrogens is 520 g/mol. The molecule has 0 unspecified atom stereocenters. The minimum atomic E-state index is 0.166. The van der Waals surface area contributed by atoms with Crippen LogP contribution < -0.4 is 9.64 Å². The lowest BCUT2D eigenvalue weighted by Gasteiger charge is -2.33. The number of carbonyl (C=O) groups excluding carboxylic acids is 1. The van der Waals surface area contributed by atoms with E-state index < -0.39 is 0 Å². The smallest absolute Gasteiger partial charge is 0.185 e. The Hall–Kier alpha value is -4.04. The van der Waals surface area contributed by atoms with E-state index in [2.05, 4.69) is 62.9 Å². The van der Waals surface area contributed by atoms with Gasteiger partial charge in [0.15, 0.2) is 12.0 Å². The zero-order chi connectivity index (χ0) is 30.2. The Morgan fingerprint density at radius 2 is 1.62 bits per heavy atom. The first-order chi connectivity index (χ1) is 20.5. The van der Waals surface area contributed by atoms with Crippen molar-refractivity contribution in [2.75, 3.05) is 18.0 Å². The summed E-state index contributed by atoms with van der Waals surface area (Å²) in [4.78, 5) is 13.1. The van der Waals surface area contributed by atoms with Gasteiger partial charge in [-0.05, 0) is 66.4 Å². The minimum Gasteiger partial charge on any atom is -0.490 e. The molecule has 1 saturated heterocycles.